The van der Waals surface area contributed by atoms with Crippen molar-refractivity contribution in [3.05, 3.63) is 45.4 Å². The number of carbonyl (C=O) groups is 2. The highest BCUT2D eigenvalue weighted by Gasteiger charge is 2.41. The fraction of sp³-hybridized carbons (Fsp3) is 0.531. The Hall–Kier alpha value is -3.23. The average molecular weight is 732 g/mol. The first-order valence-corrected chi connectivity index (χ1v) is 18.3. The summed E-state index contributed by atoms with van der Waals surface area (Å²) in [5.41, 5.74) is 2.23. The number of halogens is 5. The van der Waals surface area contributed by atoms with Crippen LogP contribution in [0.25, 0.3) is 11.0 Å². The van der Waals surface area contributed by atoms with Crippen molar-refractivity contribution in [1.29, 1.82) is 0 Å². The Balaban J connectivity index is 1.45. The highest BCUT2D eigenvalue weighted by atomic mass is 35.5. The van der Waals surface area contributed by atoms with Crippen LogP contribution in [-0.2, 0) is 28.2 Å². The van der Waals surface area contributed by atoms with E-state index in [2.05, 4.69) is 16.0 Å². The first-order chi connectivity index (χ1) is 22.3. The molecule has 1 aliphatic heterocycles. The Morgan fingerprint density at radius 3 is 2.27 bits per heavy atom. The Bertz CT molecular complexity index is 1820. The zero-order valence-electron chi connectivity index (χ0n) is 27.1. The number of alkyl halides is 3. The van der Waals surface area contributed by atoms with Gasteiger partial charge in [0, 0.05) is 38.1 Å². The van der Waals surface area contributed by atoms with E-state index in [1.54, 1.807) is 56.7 Å². The van der Waals surface area contributed by atoms with Gasteiger partial charge in [-0.2, -0.15) is 13.2 Å². The van der Waals surface area contributed by atoms with Gasteiger partial charge in [0.05, 0.1) is 55.4 Å². The maximum absolute atomic E-state index is 13.7. The summed E-state index contributed by atoms with van der Waals surface area (Å²) in [5.74, 6) is -1.79. The second-order valence-electron chi connectivity index (χ2n) is 13.5. The number of carbonyl (C=O) groups excluding carboxylic acids is 2. The zero-order valence-corrected chi connectivity index (χ0v) is 29.4. The summed E-state index contributed by atoms with van der Waals surface area (Å²) in [6.07, 6.45) is -3.98. The third-order valence-electron chi connectivity index (χ3n) is 8.98. The third kappa shape index (κ3) is 7.97. The normalized spacial score (nSPS) is 20.1. The van der Waals surface area contributed by atoms with Crippen LogP contribution in [0.3, 0.4) is 0 Å². The molecule has 16 heteroatoms. The number of anilines is 3. The molecular formula is C32H39Cl2F3N6O4S. The van der Waals surface area contributed by atoms with Crippen LogP contribution in [0.4, 0.5) is 30.5 Å². The molecule has 3 aromatic rings. The number of nitrogens with one attached hydrogen (secondary N) is 3. The predicted molar refractivity (Wildman–Crippen MR) is 182 cm³/mol. The number of benzene rings is 2. The van der Waals surface area contributed by atoms with Crippen LogP contribution in [0.5, 0.6) is 0 Å². The molecule has 0 atom stereocenters. The third-order valence-corrected chi connectivity index (χ3v) is 11.3. The number of sulfone groups is 1. The summed E-state index contributed by atoms with van der Waals surface area (Å²) in [6, 6.07) is 6.33. The topological polar surface area (TPSA) is 125 Å². The molecule has 262 valence electrons. The summed E-state index contributed by atoms with van der Waals surface area (Å²) < 4.78 is 65.8. The van der Waals surface area contributed by atoms with Gasteiger partial charge in [0.2, 0.25) is 11.9 Å². The number of imidazole rings is 1. The van der Waals surface area contributed by atoms with Crippen LogP contribution in [0.15, 0.2) is 24.3 Å². The van der Waals surface area contributed by atoms with E-state index >= 15 is 0 Å². The van der Waals surface area contributed by atoms with E-state index in [1.165, 1.54) is 0 Å². The maximum atomic E-state index is 13.7. The SMILES string of the molecule is Cn1c(Nc2c(Cl)ccc(CNC(=O)C(C)(C)C)c2Cl)nc2cc(C(=O)NC3CCC(C(F)(F)F)CC3)c(N3CCS(=O)(=O)CC3)cc21. The van der Waals surface area contributed by atoms with E-state index in [1.807, 2.05) is 4.90 Å². The van der Waals surface area contributed by atoms with E-state index in [0.29, 0.717) is 44.0 Å². The summed E-state index contributed by atoms with van der Waals surface area (Å²) in [5, 5.41) is 9.58. The number of hydrogen-bond donors (Lipinski definition) is 3. The van der Waals surface area contributed by atoms with Crippen LogP contribution in [0.2, 0.25) is 10.0 Å². The molecule has 2 aliphatic rings. The van der Waals surface area contributed by atoms with Gasteiger partial charge >= 0.3 is 6.18 Å². The molecule has 48 heavy (non-hydrogen) atoms. The van der Waals surface area contributed by atoms with Crippen LogP contribution in [0, 0.1) is 11.3 Å². The first kappa shape index (κ1) is 36.1. The van der Waals surface area contributed by atoms with Crippen molar-refractivity contribution < 1.29 is 31.2 Å². The number of nitrogens with zero attached hydrogens (tertiary/aromatic N) is 3. The van der Waals surface area contributed by atoms with Crippen molar-refractivity contribution >= 4 is 73.2 Å². The molecule has 10 nitrogen and oxygen atoms in total. The van der Waals surface area contributed by atoms with Gasteiger partial charge < -0.3 is 25.4 Å². The van der Waals surface area contributed by atoms with Gasteiger partial charge in [-0.1, -0.05) is 50.0 Å². The minimum Gasteiger partial charge on any atom is -0.369 e. The second-order valence-corrected chi connectivity index (χ2v) is 16.6. The Labute approximate surface area is 287 Å². The van der Waals surface area contributed by atoms with E-state index < -0.39 is 39.3 Å². The van der Waals surface area contributed by atoms with E-state index in [4.69, 9.17) is 28.2 Å². The van der Waals surface area contributed by atoms with Crippen LogP contribution in [-0.4, -0.2) is 66.6 Å². The minimum atomic E-state index is -4.26. The molecule has 3 N–H and O–H groups in total. The first-order valence-electron chi connectivity index (χ1n) is 15.7. The monoisotopic (exact) mass is 730 g/mol. The lowest BCUT2D eigenvalue weighted by molar-refractivity contribution is -0.182. The molecule has 1 aromatic heterocycles. The Kier molecular flexibility index (Phi) is 10.2. The number of aromatic nitrogens is 2. The molecule has 1 aliphatic carbocycles. The van der Waals surface area contributed by atoms with Crippen LogP contribution < -0.4 is 20.9 Å². The van der Waals surface area contributed by atoms with Crippen molar-refractivity contribution in [2.75, 3.05) is 34.8 Å². The zero-order chi connectivity index (χ0) is 35.2. The highest BCUT2D eigenvalue weighted by molar-refractivity contribution is 7.91. The molecule has 2 amide bonds. The molecule has 0 radical (unpaired) electrons. The van der Waals surface area contributed by atoms with Gasteiger partial charge in [-0.25, -0.2) is 13.4 Å². The molecule has 1 saturated heterocycles. The number of amides is 2. The summed E-state index contributed by atoms with van der Waals surface area (Å²) in [4.78, 5) is 32.7. The molecule has 5 rings (SSSR count). The van der Waals surface area contributed by atoms with Crippen LogP contribution in [0.1, 0.15) is 62.4 Å². The van der Waals surface area contributed by atoms with E-state index in [0.717, 1.165) is 0 Å². The second kappa shape index (κ2) is 13.6. The Morgan fingerprint density at radius 2 is 1.67 bits per heavy atom. The summed E-state index contributed by atoms with van der Waals surface area (Å²) >= 11 is 13.3. The molecule has 1 saturated carbocycles. The van der Waals surface area contributed by atoms with Gasteiger partial charge in [-0.05, 0) is 49.4 Å². The fourth-order valence-corrected chi connectivity index (χ4v) is 7.70. The Morgan fingerprint density at radius 1 is 1.02 bits per heavy atom. The number of fused-ring (bicyclic) bond motifs is 1. The maximum Gasteiger partial charge on any atom is 0.391 e. The lowest BCUT2D eigenvalue weighted by Crippen LogP contribution is -2.43. The van der Waals surface area contributed by atoms with Crippen molar-refractivity contribution in [3.63, 3.8) is 0 Å². The summed E-state index contributed by atoms with van der Waals surface area (Å²) in [7, 11) is -1.46. The van der Waals surface area contributed by atoms with E-state index in [-0.39, 0.29) is 68.3 Å². The molecule has 2 aromatic carbocycles. The van der Waals surface area contributed by atoms with Crippen LogP contribution >= 0.6 is 23.2 Å². The predicted octanol–water partition coefficient (Wildman–Crippen LogP) is 6.37. The van der Waals surface area contributed by atoms with E-state index in [9.17, 15) is 31.2 Å². The highest BCUT2D eigenvalue weighted by Crippen LogP contribution is 2.39. The van der Waals surface area contributed by atoms with Crippen molar-refractivity contribution in [3.8, 4) is 0 Å². The van der Waals surface area contributed by atoms with Gasteiger partial charge in [0.15, 0.2) is 9.84 Å². The molecular weight excluding hydrogens is 692 g/mol. The van der Waals surface area contributed by atoms with Crippen molar-refractivity contribution in [1.82, 2.24) is 20.2 Å². The molecule has 0 unspecified atom stereocenters. The largest absolute Gasteiger partial charge is 0.391 e. The van der Waals surface area contributed by atoms with Gasteiger partial charge in [-0.15, -0.1) is 0 Å². The number of rotatable bonds is 7. The molecule has 0 spiro atoms. The average Bonchev–Trinajstić information content (AvgIpc) is 3.31. The van der Waals surface area contributed by atoms with Gasteiger partial charge in [-0.3, -0.25) is 9.59 Å². The standard InChI is InChI=1S/C32H39Cl2F3N6O4S/c1-31(2,3)29(45)38-17-18-5-10-22(33)27(26(18)34)41-30-40-23-15-21(28(44)39-20-8-6-19(7-9-20)32(35,36)37)24(16-25(23)42(30)4)43-11-13-48(46,47)14-12-43/h5,10,15-16,19-20H,6-9,11-14,17H2,1-4H3,(H,38,45)(H,39,44)(H,40,41). The number of hydrogen-bond acceptors (Lipinski definition) is 7. The fourth-order valence-electron chi connectivity index (χ4n) is 5.96. The number of aryl methyl sites for hydroxylation is 1. The van der Waals surface area contributed by atoms with Gasteiger partial charge in [0.1, 0.15) is 0 Å². The molecule has 2 heterocycles. The minimum absolute atomic E-state index is 0.0606. The van der Waals surface area contributed by atoms with Crippen molar-refractivity contribution in [2.45, 2.75) is 65.2 Å². The summed E-state index contributed by atoms with van der Waals surface area (Å²) in [6.45, 7) is 5.95. The quantitative estimate of drug-likeness (QED) is 0.258. The van der Waals surface area contributed by atoms with Crippen molar-refractivity contribution in [2.24, 2.45) is 18.4 Å². The molecule has 0 bridgehead atoms. The lowest BCUT2D eigenvalue weighted by atomic mass is 9.85. The van der Waals surface area contributed by atoms with Gasteiger partial charge in [0.25, 0.3) is 5.91 Å². The lowest BCUT2D eigenvalue weighted by Gasteiger charge is -2.32. The smallest absolute Gasteiger partial charge is 0.369 e. The molecule has 2 fully saturated rings.